The Morgan fingerprint density at radius 3 is 1.62 bits per heavy atom. The number of hydrogen-bond donors (Lipinski definition) is 2. The minimum atomic E-state index is -0.102. The Morgan fingerprint density at radius 2 is 1.62 bits per heavy atom. The average molecular weight is 124 g/mol. The van der Waals surface area contributed by atoms with Crippen molar-refractivity contribution in [1.29, 1.82) is 0 Å². The molecule has 0 atom stereocenters. The predicted octanol–water partition coefficient (Wildman–Crippen LogP) is -1.62. The largest absolute Gasteiger partial charge is 0.412 e. The Hall–Kier alpha value is -0.160. The second kappa shape index (κ2) is 9.96. The molecule has 0 aromatic carbocycles. The highest BCUT2D eigenvalue weighted by Gasteiger charge is 1.85. The summed E-state index contributed by atoms with van der Waals surface area (Å²) in [7, 11) is 0. The zero-order chi connectivity index (χ0) is 4.99. The van der Waals surface area contributed by atoms with Gasteiger partial charge in [-0.05, 0) is 6.42 Å². The van der Waals surface area contributed by atoms with Crippen LogP contribution in [0.5, 0.6) is 0 Å². The van der Waals surface area contributed by atoms with Crippen LogP contribution in [0.15, 0.2) is 0 Å². The van der Waals surface area contributed by atoms with Crippen LogP contribution < -0.4 is 11.5 Å². The molecule has 0 amide bonds. The molecule has 0 bridgehead atoms. The topological polar surface area (TPSA) is 115 Å². The van der Waals surface area contributed by atoms with E-state index in [9.17, 15) is 0 Å². The van der Waals surface area contributed by atoms with Crippen molar-refractivity contribution < 1.29 is 11.0 Å². The third kappa shape index (κ3) is 17.0. The molecule has 0 aliphatic carbocycles. The van der Waals surface area contributed by atoms with E-state index in [0.717, 1.165) is 12.8 Å². The van der Waals surface area contributed by atoms with Crippen LogP contribution in [0.1, 0.15) is 19.8 Å². The van der Waals surface area contributed by atoms with Crippen molar-refractivity contribution >= 4 is 0 Å². The maximum Gasteiger partial charge on any atom is 0.0520 e. The standard InChI is InChI=1S/C4H12N2.2H2O/c1-2-3-4(5)6;;/h4H,2-3,5-6H2,1H3;2*1H2. The molecule has 0 rings (SSSR count). The van der Waals surface area contributed by atoms with E-state index in [-0.39, 0.29) is 17.1 Å². The fourth-order valence-corrected chi connectivity index (χ4v) is 0.333. The summed E-state index contributed by atoms with van der Waals surface area (Å²) >= 11 is 0. The highest BCUT2D eigenvalue weighted by atomic mass is 16.0. The average Bonchev–Trinajstić information content (AvgIpc) is 1.35. The molecule has 8 heavy (non-hydrogen) atoms. The van der Waals surface area contributed by atoms with Gasteiger partial charge in [-0.3, -0.25) is 0 Å². The van der Waals surface area contributed by atoms with Crippen LogP contribution in [0.25, 0.3) is 0 Å². The lowest BCUT2D eigenvalue weighted by Crippen LogP contribution is -2.29. The maximum absolute atomic E-state index is 5.18. The van der Waals surface area contributed by atoms with Gasteiger partial charge in [-0.25, -0.2) is 0 Å². The minimum absolute atomic E-state index is 0. The van der Waals surface area contributed by atoms with Crippen molar-refractivity contribution in [3.63, 3.8) is 0 Å². The third-order valence-electron chi connectivity index (χ3n) is 0.622. The second-order valence-corrected chi connectivity index (χ2v) is 1.45. The highest BCUT2D eigenvalue weighted by Crippen LogP contribution is 1.82. The first-order valence-electron chi connectivity index (χ1n) is 2.28. The third-order valence-corrected chi connectivity index (χ3v) is 0.622. The zero-order valence-corrected chi connectivity index (χ0v) is 5.15. The molecule has 8 N–H and O–H groups in total. The van der Waals surface area contributed by atoms with Gasteiger partial charge in [0.1, 0.15) is 0 Å². The molecule has 0 aliphatic rings. The molecule has 4 nitrogen and oxygen atoms in total. The first kappa shape index (κ1) is 15.7. The SMILES string of the molecule is CCCC(N)N.O.O. The van der Waals surface area contributed by atoms with E-state index in [0.29, 0.717) is 0 Å². The quantitative estimate of drug-likeness (QED) is 0.430. The van der Waals surface area contributed by atoms with Crippen LogP contribution in [0.3, 0.4) is 0 Å². The smallest absolute Gasteiger partial charge is 0.0520 e. The predicted molar refractivity (Wildman–Crippen MR) is 34.3 cm³/mol. The van der Waals surface area contributed by atoms with Gasteiger partial charge in [0.15, 0.2) is 0 Å². The summed E-state index contributed by atoms with van der Waals surface area (Å²) in [6.45, 7) is 2.06. The van der Waals surface area contributed by atoms with E-state index in [1.54, 1.807) is 0 Å². The van der Waals surface area contributed by atoms with E-state index in [1.165, 1.54) is 0 Å². The van der Waals surface area contributed by atoms with Gasteiger partial charge in [0.05, 0.1) is 6.17 Å². The Labute approximate surface area is 49.5 Å². The lowest BCUT2D eigenvalue weighted by atomic mass is 10.3. The summed E-state index contributed by atoms with van der Waals surface area (Å²) < 4.78 is 0. The monoisotopic (exact) mass is 124 g/mol. The molecule has 0 saturated heterocycles. The van der Waals surface area contributed by atoms with Gasteiger partial charge >= 0.3 is 0 Å². The van der Waals surface area contributed by atoms with Gasteiger partial charge in [0, 0.05) is 0 Å². The number of hydrogen-bond acceptors (Lipinski definition) is 2. The van der Waals surface area contributed by atoms with Crippen LogP contribution in [0.4, 0.5) is 0 Å². The van der Waals surface area contributed by atoms with E-state index in [1.807, 2.05) is 0 Å². The summed E-state index contributed by atoms with van der Waals surface area (Å²) in [4.78, 5) is 0. The second-order valence-electron chi connectivity index (χ2n) is 1.45. The molecule has 4 heteroatoms. The molecule has 0 aliphatic heterocycles. The Balaban J connectivity index is -0.000000125. The Morgan fingerprint density at radius 1 is 1.25 bits per heavy atom. The molecule has 0 spiro atoms. The summed E-state index contributed by atoms with van der Waals surface area (Å²) in [6.07, 6.45) is 1.91. The molecular weight excluding hydrogens is 108 g/mol. The molecule has 0 saturated carbocycles. The van der Waals surface area contributed by atoms with Gasteiger partial charge < -0.3 is 22.4 Å². The molecule has 0 aromatic heterocycles. The Bertz CT molecular complexity index is 33.2. The summed E-state index contributed by atoms with van der Waals surface area (Å²) in [5.74, 6) is 0. The lowest BCUT2D eigenvalue weighted by Gasteiger charge is -1.97. The van der Waals surface area contributed by atoms with Gasteiger partial charge in [-0.1, -0.05) is 13.3 Å². The molecule has 0 radical (unpaired) electrons. The maximum atomic E-state index is 5.18. The van der Waals surface area contributed by atoms with Crippen LogP contribution in [0, 0.1) is 0 Å². The normalized spacial score (nSPS) is 7.50. The molecule has 0 aromatic rings. The van der Waals surface area contributed by atoms with Crippen molar-refractivity contribution in [3.05, 3.63) is 0 Å². The van der Waals surface area contributed by atoms with Gasteiger partial charge in [-0.15, -0.1) is 0 Å². The first-order chi connectivity index (χ1) is 2.77. The van der Waals surface area contributed by atoms with Crippen molar-refractivity contribution in [2.75, 3.05) is 0 Å². The van der Waals surface area contributed by atoms with Gasteiger partial charge in [-0.2, -0.15) is 0 Å². The van der Waals surface area contributed by atoms with Crippen molar-refractivity contribution in [2.24, 2.45) is 11.5 Å². The van der Waals surface area contributed by atoms with Crippen molar-refractivity contribution in [3.8, 4) is 0 Å². The summed E-state index contributed by atoms with van der Waals surface area (Å²) in [5.41, 5.74) is 10.4. The molecule has 0 unspecified atom stereocenters. The number of rotatable bonds is 2. The molecular formula is C4H16N2O2. The summed E-state index contributed by atoms with van der Waals surface area (Å²) in [5, 5.41) is 0. The van der Waals surface area contributed by atoms with E-state index >= 15 is 0 Å². The van der Waals surface area contributed by atoms with Crippen LogP contribution in [-0.2, 0) is 0 Å². The molecule has 0 heterocycles. The fourth-order valence-electron chi connectivity index (χ4n) is 0.333. The first-order valence-corrected chi connectivity index (χ1v) is 2.28. The van der Waals surface area contributed by atoms with Crippen molar-refractivity contribution in [2.45, 2.75) is 25.9 Å². The van der Waals surface area contributed by atoms with Gasteiger partial charge in [0.25, 0.3) is 0 Å². The summed E-state index contributed by atoms with van der Waals surface area (Å²) in [6, 6.07) is 0. The Kier molecular flexibility index (Phi) is 19.5. The lowest BCUT2D eigenvalue weighted by molar-refractivity contribution is 0.627. The fraction of sp³-hybridized carbons (Fsp3) is 1.00. The van der Waals surface area contributed by atoms with Crippen molar-refractivity contribution in [1.82, 2.24) is 0 Å². The van der Waals surface area contributed by atoms with E-state index in [2.05, 4.69) is 6.92 Å². The van der Waals surface area contributed by atoms with Crippen LogP contribution >= 0.6 is 0 Å². The van der Waals surface area contributed by atoms with Gasteiger partial charge in [0.2, 0.25) is 0 Å². The minimum Gasteiger partial charge on any atom is -0.412 e. The highest BCUT2D eigenvalue weighted by molar-refractivity contribution is 4.45. The molecule has 54 valence electrons. The molecule has 0 fully saturated rings. The van der Waals surface area contributed by atoms with Crippen LogP contribution in [-0.4, -0.2) is 17.1 Å². The number of nitrogens with two attached hydrogens (primary N) is 2. The van der Waals surface area contributed by atoms with E-state index < -0.39 is 0 Å². The van der Waals surface area contributed by atoms with Crippen LogP contribution in [0.2, 0.25) is 0 Å². The zero-order valence-electron chi connectivity index (χ0n) is 5.15. The van der Waals surface area contributed by atoms with E-state index in [4.69, 9.17) is 11.5 Å².